The van der Waals surface area contributed by atoms with Crippen LogP contribution < -0.4 is 0 Å². The molecule has 0 N–H and O–H groups in total. The topological polar surface area (TPSA) is 72.5 Å². The van der Waals surface area contributed by atoms with Crippen LogP contribution in [0.2, 0.25) is 0 Å². The van der Waals surface area contributed by atoms with E-state index in [4.69, 9.17) is 27.8 Å². The van der Waals surface area contributed by atoms with Crippen molar-refractivity contribution in [2.45, 2.75) is 39.5 Å². The molecule has 0 amide bonds. The zero-order valence-electron chi connectivity index (χ0n) is 15.3. The van der Waals surface area contributed by atoms with Crippen molar-refractivity contribution < 1.29 is 32.3 Å². The van der Waals surface area contributed by atoms with Gasteiger partial charge in [-0.1, -0.05) is 26.7 Å². The van der Waals surface area contributed by atoms with E-state index in [2.05, 4.69) is 13.8 Å². The molecular formula is C16H34O7Si. The fourth-order valence-electron chi connectivity index (χ4n) is 1.55. The van der Waals surface area contributed by atoms with Crippen molar-refractivity contribution in [2.75, 3.05) is 66.1 Å². The smallest absolute Gasteiger partial charge is 0.494 e. The highest BCUT2D eigenvalue weighted by Gasteiger charge is 2.09. The van der Waals surface area contributed by atoms with Crippen molar-refractivity contribution in [1.82, 2.24) is 0 Å². The molecule has 0 aromatic rings. The van der Waals surface area contributed by atoms with E-state index in [0.29, 0.717) is 39.6 Å². The van der Waals surface area contributed by atoms with Gasteiger partial charge in [0.15, 0.2) is 0 Å². The molecule has 8 heteroatoms. The first-order valence-corrected chi connectivity index (χ1v) is 10.1. The average Bonchev–Trinajstić information content (AvgIpc) is 2.59. The third-order valence-electron chi connectivity index (χ3n) is 2.92. The Morgan fingerprint density at radius 1 is 0.542 bits per heavy atom. The van der Waals surface area contributed by atoms with Crippen LogP contribution >= 0.6 is 0 Å². The third kappa shape index (κ3) is 19.5. The quantitative estimate of drug-likeness (QED) is 0.241. The summed E-state index contributed by atoms with van der Waals surface area (Å²) < 4.78 is 42.8. The summed E-state index contributed by atoms with van der Waals surface area (Å²) in [6.45, 7) is 9.22. The lowest BCUT2D eigenvalue weighted by atomic mass is 10.4. The zero-order chi connectivity index (χ0) is 17.7. The van der Waals surface area contributed by atoms with Crippen molar-refractivity contribution in [1.29, 1.82) is 0 Å². The Morgan fingerprint density at radius 2 is 0.875 bits per heavy atom. The van der Waals surface area contributed by atoms with Crippen molar-refractivity contribution in [2.24, 2.45) is 0 Å². The number of hydrogen-bond donors (Lipinski definition) is 0. The molecule has 0 unspecified atom stereocenters. The van der Waals surface area contributed by atoms with Crippen LogP contribution in [0.5, 0.6) is 0 Å². The molecule has 0 aliphatic heterocycles. The molecule has 0 radical (unpaired) electrons. The molecule has 0 spiro atoms. The van der Waals surface area contributed by atoms with Gasteiger partial charge < -0.3 is 27.8 Å². The van der Waals surface area contributed by atoms with Crippen LogP contribution in [0.1, 0.15) is 39.5 Å². The van der Waals surface area contributed by atoms with Gasteiger partial charge in [0.25, 0.3) is 0 Å². The highest BCUT2D eigenvalue weighted by atomic mass is 28.3. The summed E-state index contributed by atoms with van der Waals surface area (Å²) in [5.74, 6) is 0. The molecule has 0 aliphatic rings. The molecule has 24 heavy (non-hydrogen) atoms. The SMILES string of the molecule is CCCCOCCOCCO[Si](=O)OCCOCCOCCCC. The maximum Gasteiger partial charge on any atom is 0.767 e. The molecule has 0 aromatic heterocycles. The summed E-state index contributed by atoms with van der Waals surface area (Å²) in [4.78, 5) is 0. The maximum atomic E-state index is 11.4. The third-order valence-corrected chi connectivity index (χ3v) is 3.80. The van der Waals surface area contributed by atoms with Crippen LogP contribution in [0.15, 0.2) is 0 Å². The van der Waals surface area contributed by atoms with Gasteiger partial charge in [-0.2, -0.15) is 0 Å². The monoisotopic (exact) mass is 366 g/mol. The Labute approximate surface area is 147 Å². The van der Waals surface area contributed by atoms with Crippen molar-refractivity contribution in [3.05, 3.63) is 0 Å². The molecule has 0 heterocycles. The number of rotatable bonds is 20. The van der Waals surface area contributed by atoms with Crippen LogP contribution in [0.3, 0.4) is 0 Å². The molecule has 0 bridgehead atoms. The van der Waals surface area contributed by atoms with E-state index in [-0.39, 0.29) is 13.2 Å². The fraction of sp³-hybridized carbons (Fsp3) is 1.00. The molecule has 0 atom stereocenters. The lowest BCUT2D eigenvalue weighted by molar-refractivity contribution is 0.0203. The second kappa shape index (κ2) is 20.5. The summed E-state index contributed by atoms with van der Waals surface area (Å²) in [7, 11) is -2.47. The number of unbranched alkanes of at least 4 members (excludes halogenated alkanes) is 2. The van der Waals surface area contributed by atoms with Gasteiger partial charge in [-0.25, -0.2) is 0 Å². The van der Waals surface area contributed by atoms with Gasteiger partial charge >= 0.3 is 9.17 Å². The van der Waals surface area contributed by atoms with Gasteiger partial charge in [0.05, 0.1) is 52.9 Å². The van der Waals surface area contributed by atoms with Gasteiger partial charge in [0.1, 0.15) is 0 Å². The standard InChI is InChI=1S/C16H34O7Si/c1-3-5-7-18-9-11-20-13-15-22-24(17)23-16-14-21-12-10-19-8-6-4-2/h3-16H2,1-2H3. The van der Waals surface area contributed by atoms with E-state index in [1.54, 1.807) is 0 Å². The van der Waals surface area contributed by atoms with Crippen molar-refractivity contribution >= 4 is 9.17 Å². The number of hydrogen-bond acceptors (Lipinski definition) is 7. The molecule has 0 saturated heterocycles. The second-order valence-corrected chi connectivity index (χ2v) is 6.18. The number of ether oxygens (including phenoxy) is 4. The van der Waals surface area contributed by atoms with E-state index in [9.17, 15) is 4.46 Å². The van der Waals surface area contributed by atoms with E-state index >= 15 is 0 Å². The normalized spacial score (nSPS) is 10.8. The molecule has 0 aromatic carbocycles. The first-order chi connectivity index (χ1) is 11.8. The first kappa shape index (κ1) is 23.5. The largest absolute Gasteiger partial charge is 0.767 e. The first-order valence-electron chi connectivity index (χ1n) is 8.91. The predicted octanol–water partition coefficient (Wildman–Crippen LogP) is 2.10. The molecular weight excluding hydrogens is 332 g/mol. The highest BCUT2D eigenvalue weighted by molar-refractivity contribution is 6.26. The molecule has 0 aliphatic carbocycles. The van der Waals surface area contributed by atoms with E-state index < -0.39 is 9.17 Å². The van der Waals surface area contributed by atoms with Crippen LogP contribution in [0.25, 0.3) is 0 Å². The highest BCUT2D eigenvalue weighted by Crippen LogP contribution is 1.89. The molecule has 144 valence electrons. The Balaban J connectivity index is 3.13. The van der Waals surface area contributed by atoms with Gasteiger partial charge in [0.2, 0.25) is 0 Å². The fourth-order valence-corrected chi connectivity index (χ4v) is 2.13. The van der Waals surface area contributed by atoms with Gasteiger partial charge in [0, 0.05) is 13.2 Å². The summed E-state index contributed by atoms with van der Waals surface area (Å²) in [5, 5.41) is 0. The van der Waals surface area contributed by atoms with Gasteiger partial charge in [-0.05, 0) is 12.8 Å². The molecule has 0 fully saturated rings. The summed E-state index contributed by atoms with van der Waals surface area (Å²) in [6.07, 6.45) is 4.39. The Hall–Kier alpha value is -0.543. The van der Waals surface area contributed by atoms with E-state index in [1.807, 2.05) is 0 Å². The summed E-state index contributed by atoms with van der Waals surface area (Å²) >= 11 is 0. The molecule has 7 nitrogen and oxygen atoms in total. The molecule has 0 rings (SSSR count). The summed E-state index contributed by atoms with van der Waals surface area (Å²) in [6, 6.07) is 0. The second-order valence-electron chi connectivity index (χ2n) is 5.10. The van der Waals surface area contributed by atoms with Crippen LogP contribution in [0.4, 0.5) is 0 Å². The van der Waals surface area contributed by atoms with E-state index in [0.717, 1.165) is 38.9 Å². The Kier molecular flexibility index (Phi) is 20.0. The van der Waals surface area contributed by atoms with Gasteiger partial charge in [-0.15, -0.1) is 0 Å². The lowest BCUT2D eigenvalue weighted by Gasteiger charge is -2.08. The maximum absolute atomic E-state index is 11.4. The van der Waals surface area contributed by atoms with Crippen LogP contribution in [-0.2, 0) is 32.3 Å². The summed E-state index contributed by atoms with van der Waals surface area (Å²) in [5.41, 5.74) is 0. The Bertz CT molecular complexity index is 243. The van der Waals surface area contributed by atoms with Crippen molar-refractivity contribution in [3.8, 4) is 0 Å². The van der Waals surface area contributed by atoms with Crippen LogP contribution in [0, 0.1) is 0 Å². The van der Waals surface area contributed by atoms with Crippen LogP contribution in [-0.4, -0.2) is 75.2 Å². The van der Waals surface area contributed by atoms with E-state index in [1.165, 1.54) is 0 Å². The zero-order valence-corrected chi connectivity index (χ0v) is 16.3. The minimum absolute atomic E-state index is 0.249. The minimum Gasteiger partial charge on any atom is -0.494 e. The predicted molar refractivity (Wildman–Crippen MR) is 91.4 cm³/mol. The van der Waals surface area contributed by atoms with Crippen molar-refractivity contribution in [3.63, 3.8) is 0 Å². The van der Waals surface area contributed by atoms with Gasteiger partial charge in [-0.3, -0.25) is 4.46 Å². The minimum atomic E-state index is -2.47. The Morgan fingerprint density at radius 3 is 1.25 bits per heavy atom. The average molecular weight is 367 g/mol. The molecule has 0 saturated carbocycles. The lowest BCUT2D eigenvalue weighted by Crippen LogP contribution is -2.19.